The average molecular weight is 643 g/mol. The van der Waals surface area contributed by atoms with E-state index in [9.17, 15) is 19.2 Å². The molecular formula is C35H39ClN6O4. The van der Waals surface area contributed by atoms with E-state index in [0.29, 0.717) is 50.3 Å². The molecular weight excluding hydrogens is 604 g/mol. The lowest BCUT2D eigenvalue weighted by Gasteiger charge is -2.44. The van der Waals surface area contributed by atoms with Crippen LogP contribution in [0.15, 0.2) is 78.9 Å². The van der Waals surface area contributed by atoms with Crippen molar-refractivity contribution in [2.24, 2.45) is 0 Å². The van der Waals surface area contributed by atoms with Crippen molar-refractivity contribution in [3.05, 3.63) is 101 Å². The fraction of sp³-hybridized carbons (Fsp3) is 0.371. The second-order valence-electron chi connectivity index (χ2n) is 12.2. The largest absolute Gasteiger partial charge is 0.358 e. The molecule has 3 aromatic rings. The molecule has 10 nitrogen and oxygen atoms in total. The Bertz CT molecular complexity index is 1590. The molecule has 0 unspecified atom stereocenters. The minimum Gasteiger partial charge on any atom is -0.358 e. The van der Waals surface area contributed by atoms with E-state index < -0.39 is 17.6 Å². The molecule has 2 atom stereocenters. The van der Waals surface area contributed by atoms with Crippen LogP contribution in [-0.2, 0) is 38.6 Å². The Labute approximate surface area is 274 Å². The van der Waals surface area contributed by atoms with Crippen molar-refractivity contribution in [3.63, 3.8) is 0 Å². The average Bonchev–Trinajstić information content (AvgIpc) is 3.35. The monoisotopic (exact) mass is 642 g/mol. The predicted molar refractivity (Wildman–Crippen MR) is 176 cm³/mol. The second kappa shape index (κ2) is 13.5. The highest BCUT2D eigenvalue weighted by Gasteiger charge is 2.54. The Hall–Kier alpha value is -4.41. The molecule has 0 bridgehead atoms. The van der Waals surface area contributed by atoms with Gasteiger partial charge >= 0.3 is 0 Å². The van der Waals surface area contributed by atoms with Crippen molar-refractivity contribution in [3.8, 4) is 0 Å². The number of hydrogen-bond donors (Lipinski definition) is 3. The van der Waals surface area contributed by atoms with Crippen LogP contribution in [0, 0.1) is 0 Å². The first kappa shape index (κ1) is 31.6. The van der Waals surface area contributed by atoms with Crippen LogP contribution in [0.3, 0.4) is 0 Å². The summed E-state index contributed by atoms with van der Waals surface area (Å²) in [5.41, 5.74) is 3.19. The third-order valence-corrected chi connectivity index (χ3v) is 9.72. The lowest BCUT2D eigenvalue weighted by atomic mass is 9.85. The molecule has 3 N–H and O–H groups in total. The van der Waals surface area contributed by atoms with Gasteiger partial charge in [0.05, 0.1) is 12.7 Å². The number of halogens is 1. The van der Waals surface area contributed by atoms with Crippen LogP contribution in [-0.4, -0.2) is 84.4 Å². The molecule has 240 valence electrons. The van der Waals surface area contributed by atoms with E-state index in [2.05, 4.69) is 26.9 Å². The molecule has 3 aliphatic rings. The van der Waals surface area contributed by atoms with Gasteiger partial charge in [-0.15, -0.1) is 0 Å². The number of carbonyl (C=O) groups excluding carboxylic acids is 4. The van der Waals surface area contributed by atoms with Crippen molar-refractivity contribution in [2.45, 2.75) is 49.9 Å². The van der Waals surface area contributed by atoms with Gasteiger partial charge in [0.15, 0.2) is 0 Å². The predicted octanol–water partition coefficient (Wildman–Crippen LogP) is 2.50. The molecule has 2 fully saturated rings. The molecule has 0 aromatic heterocycles. The van der Waals surface area contributed by atoms with E-state index >= 15 is 0 Å². The van der Waals surface area contributed by atoms with Crippen LogP contribution in [0.4, 0.5) is 5.69 Å². The van der Waals surface area contributed by atoms with Crippen LogP contribution in [0.5, 0.6) is 0 Å². The Morgan fingerprint density at radius 2 is 1.63 bits per heavy atom. The third-order valence-electron chi connectivity index (χ3n) is 9.46. The van der Waals surface area contributed by atoms with Crippen molar-refractivity contribution in [1.29, 1.82) is 0 Å². The number of anilines is 1. The summed E-state index contributed by atoms with van der Waals surface area (Å²) in [4.78, 5) is 59.4. The molecule has 46 heavy (non-hydrogen) atoms. The number of hydrogen-bond acceptors (Lipinski definition) is 6. The van der Waals surface area contributed by atoms with Crippen molar-refractivity contribution < 1.29 is 19.2 Å². The maximum Gasteiger partial charge on any atom is 0.250 e. The van der Waals surface area contributed by atoms with Crippen LogP contribution < -0.4 is 20.9 Å². The summed E-state index contributed by atoms with van der Waals surface area (Å²) in [5.74, 6) is -0.751. The van der Waals surface area contributed by atoms with Crippen LogP contribution >= 0.6 is 11.6 Å². The van der Waals surface area contributed by atoms with Gasteiger partial charge in [-0.05, 0) is 60.2 Å². The summed E-state index contributed by atoms with van der Waals surface area (Å²) >= 11 is 6.12. The molecule has 11 heteroatoms. The standard InChI is InChI=1S/C35H39ClN6O4/c1-37-31(43)22-41-23-42(28-9-3-2-4-10-28)35(34(41)46)15-17-40(18-16-35)33(45)30(19-24-11-13-27(36)14-12-24)39-32(44)29-20-25-7-5-6-8-26(25)21-38-29/h2-14,29-30,38H,15-23H2,1H3,(H,37,43)(H,39,44)/t29-,30-/m1/s1. The SMILES string of the molecule is CNC(=O)CN1CN(c2ccccc2)C2(CCN(C(=O)[C@@H](Cc3ccc(Cl)cc3)NC(=O)[C@H]3Cc4ccccc4CN3)CC2)C1=O. The topological polar surface area (TPSA) is 114 Å². The van der Waals surface area contributed by atoms with Gasteiger partial charge in [0, 0.05) is 43.8 Å². The highest BCUT2D eigenvalue weighted by molar-refractivity contribution is 6.30. The van der Waals surface area contributed by atoms with Crippen molar-refractivity contribution >= 4 is 40.9 Å². The Morgan fingerprint density at radius 3 is 2.33 bits per heavy atom. The van der Waals surface area contributed by atoms with Gasteiger partial charge in [-0.2, -0.15) is 0 Å². The van der Waals surface area contributed by atoms with E-state index in [1.807, 2.05) is 60.7 Å². The van der Waals surface area contributed by atoms with Gasteiger partial charge in [0.25, 0.3) is 5.91 Å². The number of nitrogens with zero attached hydrogens (tertiary/aromatic N) is 3. The normalized spacial score (nSPS) is 19.5. The first-order valence-corrected chi connectivity index (χ1v) is 16.1. The summed E-state index contributed by atoms with van der Waals surface area (Å²) in [6.45, 7) is 1.52. The van der Waals surface area contributed by atoms with E-state index in [1.165, 1.54) is 5.56 Å². The highest BCUT2D eigenvalue weighted by atomic mass is 35.5. The minimum absolute atomic E-state index is 0.0298. The zero-order chi connectivity index (χ0) is 32.3. The smallest absolute Gasteiger partial charge is 0.250 e. The molecule has 1 spiro atoms. The number of amides is 4. The molecule has 3 heterocycles. The van der Waals surface area contributed by atoms with Gasteiger partial charge in [0.2, 0.25) is 17.7 Å². The van der Waals surface area contributed by atoms with Crippen molar-refractivity contribution in [2.75, 3.05) is 38.3 Å². The molecule has 3 aromatic carbocycles. The first-order valence-electron chi connectivity index (χ1n) is 15.7. The number of carbonyl (C=O) groups is 4. The second-order valence-corrected chi connectivity index (χ2v) is 12.7. The summed E-state index contributed by atoms with van der Waals surface area (Å²) in [6, 6.07) is 23.8. The van der Waals surface area contributed by atoms with Crippen molar-refractivity contribution in [1.82, 2.24) is 25.8 Å². The first-order chi connectivity index (χ1) is 22.3. The summed E-state index contributed by atoms with van der Waals surface area (Å²) in [7, 11) is 1.56. The molecule has 0 aliphatic carbocycles. The number of piperidine rings is 1. The number of benzene rings is 3. The van der Waals surface area contributed by atoms with E-state index in [-0.39, 0.29) is 36.8 Å². The molecule has 0 saturated carbocycles. The van der Waals surface area contributed by atoms with E-state index in [4.69, 9.17) is 11.6 Å². The molecule has 4 amide bonds. The molecule has 0 radical (unpaired) electrons. The van der Waals surface area contributed by atoms with Gasteiger partial charge < -0.3 is 30.7 Å². The Morgan fingerprint density at radius 1 is 0.957 bits per heavy atom. The summed E-state index contributed by atoms with van der Waals surface area (Å²) in [6.07, 6.45) is 1.65. The van der Waals surface area contributed by atoms with Crippen LogP contribution in [0.2, 0.25) is 5.02 Å². The fourth-order valence-corrected chi connectivity index (χ4v) is 6.99. The van der Waals surface area contributed by atoms with E-state index in [0.717, 1.165) is 16.8 Å². The Balaban J connectivity index is 1.20. The number of likely N-dealkylation sites (tertiary alicyclic amines) is 1. The number of para-hydroxylation sites is 1. The summed E-state index contributed by atoms with van der Waals surface area (Å²) < 4.78 is 0. The lowest BCUT2D eigenvalue weighted by Crippen LogP contribution is -2.60. The highest BCUT2D eigenvalue weighted by Crippen LogP contribution is 2.39. The number of likely N-dealkylation sites (N-methyl/N-ethyl adjacent to an activating group) is 1. The lowest BCUT2D eigenvalue weighted by molar-refractivity contribution is -0.141. The van der Waals surface area contributed by atoms with Crippen LogP contribution in [0.25, 0.3) is 0 Å². The maximum atomic E-state index is 14.2. The quantitative estimate of drug-likeness (QED) is 0.348. The number of nitrogens with one attached hydrogen (secondary N) is 3. The molecule has 2 saturated heterocycles. The van der Waals surface area contributed by atoms with Gasteiger partial charge in [-0.1, -0.05) is 66.2 Å². The van der Waals surface area contributed by atoms with Gasteiger partial charge in [0.1, 0.15) is 18.1 Å². The number of rotatable bonds is 8. The van der Waals surface area contributed by atoms with Crippen LogP contribution in [0.1, 0.15) is 29.5 Å². The fourth-order valence-electron chi connectivity index (χ4n) is 6.86. The zero-order valence-corrected chi connectivity index (χ0v) is 26.6. The zero-order valence-electron chi connectivity index (χ0n) is 25.9. The maximum absolute atomic E-state index is 14.2. The molecule has 6 rings (SSSR count). The van der Waals surface area contributed by atoms with E-state index in [1.54, 1.807) is 29.0 Å². The Kier molecular flexibility index (Phi) is 9.28. The minimum atomic E-state index is -0.875. The number of fused-ring (bicyclic) bond motifs is 1. The third kappa shape index (κ3) is 6.45. The molecule has 3 aliphatic heterocycles. The van der Waals surface area contributed by atoms with Gasteiger partial charge in [-0.25, -0.2) is 0 Å². The summed E-state index contributed by atoms with van der Waals surface area (Å²) in [5, 5.41) is 9.58. The van der Waals surface area contributed by atoms with Gasteiger partial charge in [-0.3, -0.25) is 19.2 Å².